The zero-order chi connectivity index (χ0) is 14.6. The maximum Gasteiger partial charge on any atom is 0.106 e. The van der Waals surface area contributed by atoms with Gasteiger partial charge >= 0.3 is 0 Å². The number of aromatic nitrogens is 2. The van der Waals surface area contributed by atoms with Gasteiger partial charge in [0.05, 0.1) is 5.69 Å². The van der Waals surface area contributed by atoms with Crippen LogP contribution in [0, 0.1) is 5.92 Å². The average molecular weight is 264 g/mol. The van der Waals surface area contributed by atoms with Crippen molar-refractivity contribution in [1.29, 1.82) is 0 Å². The summed E-state index contributed by atoms with van der Waals surface area (Å²) < 4.78 is 0. The Morgan fingerprint density at radius 1 is 1.16 bits per heavy atom. The van der Waals surface area contributed by atoms with Crippen molar-refractivity contribution in [1.82, 2.24) is 9.97 Å². The van der Waals surface area contributed by atoms with Crippen molar-refractivity contribution in [3.05, 3.63) is 17.2 Å². The van der Waals surface area contributed by atoms with Gasteiger partial charge in [-0.05, 0) is 18.8 Å². The first-order valence-corrected chi connectivity index (χ1v) is 7.92. The van der Waals surface area contributed by atoms with Crippen LogP contribution in [0.4, 0.5) is 0 Å². The number of hydrogen-bond donors (Lipinski definition) is 1. The van der Waals surface area contributed by atoms with Gasteiger partial charge in [-0.3, -0.25) is 0 Å². The van der Waals surface area contributed by atoms with E-state index in [1.165, 1.54) is 30.1 Å². The molecule has 1 aromatic heterocycles. The second-order valence-corrected chi connectivity index (χ2v) is 6.82. The van der Waals surface area contributed by atoms with E-state index < -0.39 is 0 Å². The minimum absolute atomic E-state index is 0.166. The minimum atomic E-state index is 0.166. The van der Waals surface area contributed by atoms with Gasteiger partial charge in [0.15, 0.2) is 0 Å². The molecule has 1 rings (SSSR count). The van der Waals surface area contributed by atoms with Crippen molar-refractivity contribution in [2.45, 2.75) is 85.5 Å². The summed E-state index contributed by atoms with van der Waals surface area (Å²) in [6.07, 6.45) is 4.65. The first kappa shape index (κ1) is 16.3. The van der Waals surface area contributed by atoms with Gasteiger partial charge < -0.3 is 4.98 Å². The Labute approximate surface area is 119 Å². The summed E-state index contributed by atoms with van der Waals surface area (Å²) in [5, 5.41) is 0. The van der Waals surface area contributed by atoms with Gasteiger partial charge in [-0.1, -0.05) is 54.9 Å². The predicted molar refractivity (Wildman–Crippen MR) is 83.8 cm³/mol. The van der Waals surface area contributed by atoms with Gasteiger partial charge in [0.2, 0.25) is 0 Å². The van der Waals surface area contributed by atoms with Crippen LogP contribution in [0.3, 0.4) is 0 Å². The maximum atomic E-state index is 4.94. The molecule has 0 saturated carbocycles. The molecule has 110 valence electrons. The Kier molecular flexibility index (Phi) is 5.64. The molecule has 0 radical (unpaired) electrons. The van der Waals surface area contributed by atoms with Crippen LogP contribution < -0.4 is 0 Å². The number of imidazole rings is 1. The molecule has 0 saturated heterocycles. The zero-order valence-electron chi connectivity index (χ0n) is 13.9. The number of nitrogens with zero attached hydrogens (tertiary/aromatic N) is 1. The first-order chi connectivity index (χ1) is 8.83. The van der Waals surface area contributed by atoms with E-state index in [1.54, 1.807) is 0 Å². The minimum Gasteiger partial charge on any atom is -0.345 e. The third-order valence-electron chi connectivity index (χ3n) is 4.53. The van der Waals surface area contributed by atoms with Gasteiger partial charge in [-0.15, -0.1) is 0 Å². The van der Waals surface area contributed by atoms with Gasteiger partial charge in [0.25, 0.3) is 0 Å². The third-order valence-corrected chi connectivity index (χ3v) is 4.53. The number of H-pyrrole nitrogens is 1. The van der Waals surface area contributed by atoms with Crippen LogP contribution in [0.1, 0.15) is 90.9 Å². The Morgan fingerprint density at radius 3 is 2.26 bits per heavy atom. The molecular weight excluding hydrogens is 232 g/mol. The standard InChI is InChI=1S/C17H32N2/c1-8-10-11-14-18-15(13(5)12(3)4)16(19-14)17(6,7)9-2/h12-13H,8-11H2,1-7H3,(H,18,19). The largest absolute Gasteiger partial charge is 0.345 e. The van der Waals surface area contributed by atoms with Gasteiger partial charge in [-0.25, -0.2) is 4.98 Å². The fourth-order valence-electron chi connectivity index (χ4n) is 2.25. The van der Waals surface area contributed by atoms with Crippen molar-refractivity contribution in [2.24, 2.45) is 5.92 Å². The van der Waals surface area contributed by atoms with E-state index in [1.807, 2.05) is 0 Å². The fourth-order valence-corrected chi connectivity index (χ4v) is 2.25. The normalized spacial score (nSPS) is 14.1. The number of aryl methyl sites for hydroxylation is 1. The maximum absolute atomic E-state index is 4.94. The zero-order valence-corrected chi connectivity index (χ0v) is 13.9. The Bertz CT molecular complexity index is 388. The summed E-state index contributed by atoms with van der Waals surface area (Å²) >= 11 is 0. The van der Waals surface area contributed by atoms with E-state index in [-0.39, 0.29) is 5.41 Å². The van der Waals surface area contributed by atoms with Crippen molar-refractivity contribution in [3.8, 4) is 0 Å². The van der Waals surface area contributed by atoms with Gasteiger partial charge in [-0.2, -0.15) is 0 Å². The van der Waals surface area contributed by atoms with Crippen molar-refractivity contribution in [3.63, 3.8) is 0 Å². The lowest BCUT2D eigenvalue weighted by Gasteiger charge is -2.25. The molecular formula is C17H32N2. The first-order valence-electron chi connectivity index (χ1n) is 7.92. The molecule has 1 N–H and O–H groups in total. The lowest BCUT2D eigenvalue weighted by atomic mass is 9.81. The predicted octanol–water partition coefficient (Wildman–Crippen LogP) is 5.20. The summed E-state index contributed by atoms with van der Waals surface area (Å²) in [5.74, 6) is 2.37. The highest BCUT2D eigenvalue weighted by Crippen LogP contribution is 2.34. The van der Waals surface area contributed by atoms with E-state index in [0.29, 0.717) is 11.8 Å². The van der Waals surface area contributed by atoms with Crippen LogP contribution >= 0.6 is 0 Å². The average Bonchev–Trinajstić information content (AvgIpc) is 2.80. The molecule has 0 aliphatic carbocycles. The molecule has 19 heavy (non-hydrogen) atoms. The highest BCUT2D eigenvalue weighted by molar-refractivity contribution is 5.26. The quantitative estimate of drug-likeness (QED) is 0.720. The van der Waals surface area contributed by atoms with Crippen LogP contribution in [0.25, 0.3) is 0 Å². The summed E-state index contributed by atoms with van der Waals surface area (Å²) in [7, 11) is 0. The topological polar surface area (TPSA) is 28.7 Å². The van der Waals surface area contributed by atoms with Crippen LogP contribution in [0.5, 0.6) is 0 Å². The van der Waals surface area contributed by atoms with Crippen LogP contribution in [0.15, 0.2) is 0 Å². The second kappa shape index (κ2) is 6.58. The molecule has 0 aliphatic rings. The molecule has 1 aromatic rings. The van der Waals surface area contributed by atoms with E-state index >= 15 is 0 Å². The molecule has 1 heterocycles. The van der Waals surface area contributed by atoms with Crippen molar-refractivity contribution in [2.75, 3.05) is 0 Å². The smallest absolute Gasteiger partial charge is 0.106 e. The lowest BCUT2D eigenvalue weighted by molar-refractivity contribution is 0.462. The van der Waals surface area contributed by atoms with E-state index in [0.717, 1.165) is 12.8 Å². The van der Waals surface area contributed by atoms with E-state index in [9.17, 15) is 0 Å². The highest BCUT2D eigenvalue weighted by atomic mass is 14.9. The Balaban J connectivity index is 3.14. The summed E-state index contributed by atoms with van der Waals surface area (Å²) in [4.78, 5) is 8.57. The van der Waals surface area contributed by atoms with E-state index in [2.05, 4.69) is 53.5 Å². The van der Waals surface area contributed by atoms with Crippen LogP contribution in [0.2, 0.25) is 0 Å². The van der Waals surface area contributed by atoms with Gasteiger partial charge in [0.1, 0.15) is 5.82 Å². The molecule has 0 aliphatic heterocycles. The number of hydrogen-bond acceptors (Lipinski definition) is 1. The molecule has 0 spiro atoms. The SMILES string of the molecule is CCCCc1nc(C(C)(C)CC)c(C(C)C(C)C)[nH]1. The highest BCUT2D eigenvalue weighted by Gasteiger charge is 2.28. The Hall–Kier alpha value is -0.790. The van der Waals surface area contributed by atoms with Crippen molar-refractivity contribution >= 4 is 0 Å². The number of nitrogens with one attached hydrogen (secondary N) is 1. The molecule has 2 heteroatoms. The fraction of sp³-hybridized carbons (Fsp3) is 0.824. The third kappa shape index (κ3) is 3.84. The summed E-state index contributed by atoms with van der Waals surface area (Å²) in [6, 6.07) is 0. The van der Waals surface area contributed by atoms with Crippen molar-refractivity contribution < 1.29 is 0 Å². The molecule has 1 unspecified atom stereocenters. The number of unbranched alkanes of at least 4 members (excludes halogenated alkanes) is 1. The number of rotatable bonds is 7. The van der Waals surface area contributed by atoms with Gasteiger partial charge in [0, 0.05) is 23.4 Å². The van der Waals surface area contributed by atoms with Crippen LogP contribution in [-0.2, 0) is 11.8 Å². The molecule has 0 bridgehead atoms. The molecule has 0 amide bonds. The Morgan fingerprint density at radius 2 is 1.79 bits per heavy atom. The monoisotopic (exact) mass is 264 g/mol. The molecule has 0 fully saturated rings. The molecule has 1 atom stereocenters. The number of aromatic amines is 1. The molecule has 0 aromatic carbocycles. The molecule has 2 nitrogen and oxygen atoms in total. The lowest BCUT2D eigenvalue weighted by Crippen LogP contribution is -2.20. The summed E-state index contributed by atoms with van der Waals surface area (Å²) in [6.45, 7) is 16.0. The van der Waals surface area contributed by atoms with Crippen LogP contribution in [-0.4, -0.2) is 9.97 Å². The summed E-state index contributed by atoms with van der Waals surface area (Å²) in [5.41, 5.74) is 2.83. The second-order valence-electron chi connectivity index (χ2n) is 6.82. The van der Waals surface area contributed by atoms with E-state index in [4.69, 9.17) is 4.98 Å².